The van der Waals surface area contributed by atoms with Crippen LogP contribution in [0.3, 0.4) is 0 Å². The van der Waals surface area contributed by atoms with Crippen LogP contribution in [0.2, 0.25) is 0 Å². The Balaban J connectivity index is 1.94. The highest BCUT2D eigenvalue weighted by Gasteiger charge is 2.34. The van der Waals surface area contributed by atoms with E-state index in [1.807, 2.05) is 4.90 Å². The van der Waals surface area contributed by atoms with E-state index in [1.54, 1.807) is 11.8 Å². The lowest BCUT2D eigenvalue weighted by Gasteiger charge is -2.26. The van der Waals surface area contributed by atoms with Crippen molar-refractivity contribution in [2.45, 2.75) is 45.4 Å². The molecule has 1 aliphatic heterocycles. The summed E-state index contributed by atoms with van der Waals surface area (Å²) >= 11 is 1.71. The molecule has 0 spiro atoms. The zero-order chi connectivity index (χ0) is 17.5. The van der Waals surface area contributed by atoms with Gasteiger partial charge in [-0.1, -0.05) is 51.1 Å². The Morgan fingerprint density at radius 2 is 1.67 bits per heavy atom. The molecule has 24 heavy (non-hydrogen) atoms. The number of hydrogen-bond acceptors (Lipinski definition) is 2. The molecule has 0 radical (unpaired) electrons. The Kier molecular flexibility index (Phi) is 4.48. The number of nitrogens with zero attached hydrogens (tertiary/aromatic N) is 1. The van der Waals surface area contributed by atoms with Crippen LogP contribution in [-0.4, -0.2) is 11.7 Å². The molecule has 2 aromatic carbocycles. The summed E-state index contributed by atoms with van der Waals surface area (Å²) < 4.78 is 0. The molecular weight excluding hydrogens is 314 g/mol. The minimum atomic E-state index is 0.0635. The van der Waals surface area contributed by atoms with Crippen molar-refractivity contribution in [3.8, 4) is 0 Å². The van der Waals surface area contributed by atoms with Crippen molar-refractivity contribution in [1.29, 1.82) is 0 Å². The minimum Gasteiger partial charge on any atom is -0.295 e. The summed E-state index contributed by atoms with van der Waals surface area (Å²) in [7, 11) is 0. The Hall–Kier alpha value is -1.74. The van der Waals surface area contributed by atoms with Gasteiger partial charge in [-0.25, -0.2) is 0 Å². The highest BCUT2D eigenvalue weighted by Crippen LogP contribution is 2.42. The molecule has 3 heteroatoms. The highest BCUT2D eigenvalue weighted by molar-refractivity contribution is 8.00. The lowest BCUT2D eigenvalue weighted by Crippen LogP contribution is -2.28. The van der Waals surface area contributed by atoms with Gasteiger partial charge in [0.05, 0.1) is 5.75 Å². The summed E-state index contributed by atoms with van der Waals surface area (Å²) in [5.41, 5.74) is 6.13. The van der Waals surface area contributed by atoms with Gasteiger partial charge in [-0.3, -0.25) is 9.69 Å². The molecule has 0 aromatic heterocycles. The number of anilines is 1. The molecule has 1 aliphatic rings. The van der Waals surface area contributed by atoms with E-state index in [2.05, 4.69) is 77.1 Å². The van der Waals surface area contributed by atoms with Crippen LogP contribution in [-0.2, 0) is 10.2 Å². The number of amides is 1. The number of carbonyl (C=O) groups excluding carboxylic acids is 1. The van der Waals surface area contributed by atoms with Crippen molar-refractivity contribution in [1.82, 2.24) is 0 Å². The SMILES string of the molecule is Cc1ccc(N2C(=O)CS[C@@H]2c2ccc(C(C)(C)C)cc2)cc1C. The average molecular weight is 340 g/mol. The Bertz CT molecular complexity index is 758. The fourth-order valence-corrected chi connectivity index (χ4v) is 4.15. The number of hydrogen-bond donors (Lipinski definition) is 0. The maximum atomic E-state index is 12.5. The van der Waals surface area contributed by atoms with E-state index in [9.17, 15) is 4.79 Å². The van der Waals surface area contributed by atoms with Crippen LogP contribution in [0.4, 0.5) is 5.69 Å². The second-order valence-electron chi connectivity index (χ2n) is 7.57. The number of rotatable bonds is 2. The first-order chi connectivity index (χ1) is 11.3. The molecule has 126 valence electrons. The summed E-state index contributed by atoms with van der Waals surface area (Å²) in [4.78, 5) is 14.4. The van der Waals surface area contributed by atoms with Gasteiger partial charge in [0.25, 0.3) is 0 Å². The van der Waals surface area contributed by atoms with E-state index in [-0.39, 0.29) is 16.7 Å². The first kappa shape index (κ1) is 17.1. The first-order valence-electron chi connectivity index (χ1n) is 8.39. The summed E-state index contributed by atoms with van der Waals surface area (Å²) in [6.45, 7) is 10.9. The molecule has 2 nitrogen and oxygen atoms in total. The fourth-order valence-electron chi connectivity index (χ4n) is 2.97. The molecule has 0 bridgehead atoms. The Morgan fingerprint density at radius 3 is 2.25 bits per heavy atom. The minimum absolute atomic E-state index is 0.0635. The van der Waals surface area contributed by atoms with Crippen molar-refractivity contribution >= 4 is 23.4 Å². The highest BCUT2D eigenvalue weighted by atomic mass is 32.2. The van der Waals surface area contributed by atoms with Crippen LogP contribution in [0, 0.1) is 13.8 Å². The van der Waals surface area contributed by atoms with Crippen LogP contribution < -0.4 is 4.90 Å². The summed E-state index contributed by atoms with van der Waals surface area (Å²) in [6.07, 6.45) is 0. The molecule has 1 amide bonds. The maximum Gasteiger partial charge on any atom is 0.238 e. The molecule has 0 unspecified atom stereocenters. The third-order valence-corrected chi connectivity index (χ3v) is 5.91. The van der Waals surface area contributed by atoms with E-state index in [0.29, 0.717) is 5.75 Å². The van der Waals surface area contributed by atoms with Gasteiger partial charge in [0.1, 0.15) is 5.37 Å². The summed E-state index contributed by atoms with van der Waals surface area (Å²) in [5.74, 6) is 0.728. The van der Waals surface area contributed by atoms with Crippen LogP contribution >= 0.6 is 11.8 Å². The normalized spacial score (nSPS) is 18.3. The van der Waals surface area contributed by atoms with Crippen molar-refractivity contribution in [2.75, 3.05) is 10.7 Å². The molecule has 0 N–H and O–H groups in total. The van der Waals surface area contributed by atoms with E-state index in [1.165, 1.54) is 22.3 Å². The molecule has 0 saturated carbocycles. The lowest BCUT2D eigenvalue weighted by atomic mass is 9.86. The van der Waals surface area contributed by atoms with Crippen molar-refractivity contribution in [2.24, 2.45) is 0 Å². The van der Waals surface area contributed by atoms with Crippen LogP contribution in [0.1, 0.15) is 48.4 Å². The van der Waals surface area contributed by atoms with Gasteiger partial charge in [-0.15, -0.1) is 11.8 Å². The van der Waals surface area contributed by atoms with Gasteiger partial charge < -0.3 is 0 Å². The molecule has 1 fully saturated rings. The molecule has 2 aromatic rings. The molecule has 1 heterocycles. The van der Waals surface area contributed by atoms with Gasteiger partial charge in [-0.2, -0.15) is 0 Å². The monoisotopic (exact) mass is 339 g/mol. The summed E-state index contributed by atoms with van der Waals surface area (Å²) in [6, 6.07) is 15.0. The second kappa shape index (κ2) is 6.29. The van der Waals surface area contributed by atoms with Crippen LogP contribution in [0.15, 0.2) is 42.5 Å². The predicted octanol–water partition coefficient (Wildman–Crippen LogP) is 5.38. The van der Waals surface area contributed by atoms with Gasteiger partial charge in [0, 0.05) is 5.69 Å². The fraction of sp³-hybridized carbons (Fsp3) is 0.381. The first-order valence-corrected chi connectivity index (χ1v) is 9.43. The predicted molar refractivity (Wildman–Crippen MR) is 104 cm³/mol. The van der Waals surface area contributed by atoms with Crippen LogP contribution in [0.5, 0.6) is 0 Å². The number of aryl methyl sites for hydroxylation is 2. The molecule has 0 aliphatic carbocycles. The third-order valence-electron chi connectivity index (χ3n) is 4.70. The second-order valence-corrected chi connectivity index (χ2v) is 8.64. The molecular formula is C21H25NOS. The van der Waals surface area contributed by atoms with E-state index in [4.69, 9.17) is 0 Å². The van der Waals surface area contributed by atoms with Crippen molar-refractivity contribution in [3.63, 3.8) is 0 Å². The number of thioether (sulfide) groups is 1. The maximum absolute atomic E-state index is 12.5. The number of carbonyl (C=O) groups is 1. The van der Waals surface area contributed by atoms with E-state index < -0.39 is 0 Å². The largest absolute Gasteiger partial charge is 0.295 e. The lowest BCUT2D eigenvalue weighted by molar-refractivity contribution is -0.115. The summed E-state index contributed by atoms with van der Waals surface area (Å²) in [5, 5.41) is 0.0635. The van der Waals surface area contributed by atoms with Gasteiger partial charge in [-0.05, 0) is 53.6 Å². The van der Waals surface area contributed by atoms with Crippen molar-refractivity contribution in [3.05, 3.63) is 64.7 Å². The Morgan fingerprint density at radius 1 is 1.00 bits per heavy atom. The smallest absolute Gasteiger partial charge is 0.238 e. The van der Waals surface area contributed by atoms with Crippen LogP contribution in [0.25, 0.3) is 0 Å². The van der Waals surface area contributed by atoms with Gasteiger partial charge >= 0.3 is 0 Å². The third kappa shape index (κ3) is 3.23. The topological polar surface area (TPSA) is 20.3 Å². The number of benzene rings is 2. The molecule has 1 saturated heterocycles. The zero-order valence-electron chi connectivity index (χ0n) is 15.1. The van der Waals surface area contributed by atoms with Gasteiger partial charge in [0.2, 0.25) is 5.91 Å². The Labute approximate surface area is 149 Å². The van der Waals surface area contributed by atoms with E-state index in [0.717, 1.165) is 5.69 Å². The standard InChI is InChI=1S/C21H25NOS/c1-14-6-11-18(12-15(14)2)22-19(23)13-24-20(22)16-7-9-17(10-8-16)21(3,4)5/h6-12,20H,13H2,1-5H3/t20-/m1/s1. The molecule has 3 rings (SSSR count). The quantitative estimate of drug-likeness (QED) is 0.732. The average Bonchev–Trinajstić information content (AvgIpc) is 2.91. The molecule has 1 atom stereocenters. The zero-order valence-corrected chi connectivity index (χ0v) is 15.9. The van der Waals surface area contributed by atoms with E-state index >= 15 is 0 Å². The van der Waals surface area contributed by atoms with Gasteiger partial charge in [0.15, 0.2) is 0 Å². The van der Waals surface area contributed by atoms with Crippen molar-refractivity contribution < 1.29 is 4.79 Å².